The van der Waals surface area contributed by atoms with Gasteiger partial charge in [-0.25, -0.2) is 14.8 Å². The Morgan fingerprint density at radius 2 is 1.89 bits per heavy atom. The average molecular weight is 445 g/mol. The van der Waals surface area contributed by atoms with Crippen LogP contribution in [0.3, 0.4) is 0 Å². The van der Waals surface area contributed by atoms with E-state index in [1.165, 1.54) is 7.11 Å². The Morgan fingerprint density at radius 1 is 1.21 bits per heavy atom. The molecule has 4 rings (SSSR count). The van der Waals surface area contributed by atoms with Crippen molar-refractivity contribution in [1.29, 1.82) is 0 Å². The summed E-state index contributed by atoms with van der Waals surface area (Å²) in [5, 5.41) is 3.58. The fourth-order valence-corrected chi connectivity index (χ4v) is 4.25. The van der Waals surface area contributed by atoms with Gasteiger partial charge in [0, 0.05) is 42.7 Å². The molecule has 2 N–H and O–H groups in total. The van der Waals surface area contributed by atoms with Crippen LogP contribution in [0.5, 0.6) is 0 Å². The number of methoxy groups -OCH3 is 1. The quantitative estimate of drug-likeness (QED) is 0.555. The highest BCUT2D eigenvalue weighted by molar-refractivity contribution is 6.44. The van der Waals surface area contributed by atoms with Crippen molar-refractivity contribution in [2.45, 2.75) is 13.0 Å². The van der Waals surface area contributed by atoms with Gasteiger partial charge in [0.1, 0.15) is 11.5 Å². The van der Waals surface area contributed by atoms with E-state index in [2.05, 4.69) is 25.0 Å². The van der Waals surface area contributed by atoms with Crippen molar-refractivity contribution in [3.05, 3.63) is 38.5 Å². The average Bonchev–Trinajstić information content (AvgIpc) is 3.01. The van der Waals surface area contributed by atoms with E-state index in [-0.39, 0.29) is 45.5 Å². The van der Waals surface area contributed by atoms with Crippen molar-refractivity contribution in [2.75, 3.05) is 25.1 Å². The van der Waals surface area contributed by atoms with Crippen LogP contribution < -0.4 is 10.2 Å². The van der Waals surface area contributed by atoms with Crippen molar-refractivity contribution in [1.82, 2.24) is 20.3 Å². The van der Waals surface area contributed by atoms with Crippen LogP contribution in [0.25, 0.3) is 0 Å². The number of carbonyl (C=O) groups excluding carboxylic acids is 2. The number of ether oxygens (including phenoxy) is 1. The van der Waals surface area contributed by atoms with E-state index in [0.29, 0.717) is 29.6 Å². The number of nitrogens with zero attached hydrogens (tertiary/aromatic N) is 3. The Labute approximate surface area is 175 Å². The number of H-pyrrole nitrogens is 1. The Balaban J connectivity index is 1.41. The first kappa shape index (κ1) is 19.3. The van der Waals surface area contributed by atoms with Crippen LogP contribution in [0.2, 0.25) is 15.3 Å². The molecule has 0 bridgehead atoms. The number of hydrogen-bond donors (Lipinski definition) is 2. The molecule has 11 heteroatoms. The molecule has 0 radical (unpaired) electrons. The largest absolute Gasteiger partial charge is 0.464 e. The monoisotopic (exact) mass is 443 g/mol. The van der Waals surface area contributed by atoms with Gasteiger partial charge in [0.05, 0.1) is 17.2 Å². The predicted octanol–water partition coefficient (Wildman–Crippen LogP) is 2.72. The van der Waals surface area contributed by atoms with E-state index in [0.717, 1.165) is 0 Å². The van der Waals surface area contributed by atoms with Gasteiger partial charge in [-0.15, -0.1) is 0 Å². The number of piperidine rings is 1. The molecular weight excluding hydrogens is 429 g/mol. The van der Waals surface area contributed by atoms with Crippen molar-refractivity contribution in [2.24, 2.45) is 11.8 Å². The van der Waals surface area contributed by atoms with Crippen molar-refractivity contribution < 1.29 is 14.3 Å². The maximum Gasteiger partial charge on any atom is 0.356 e. The molecule has 1 aliphatic carbocycles. The molecule has 0 aromatic carbocycles. The molecule has 1 aliphatic heterocycles. The van der Waals surface area contributed by atoms with E-state index in [4.69, 9.17) is 34.8 Å². The van der Waals surface area contributed by atoms with Gasteiger partial charge < -0.3 is 19.9 Å². The van der Waals surface area contributed by atoms with E-state index in [1.807, 2.05) is 4.90 Å². The lowest BCUT2D eigenvalue weighted by Gasteiger charge is -2.21. The zero-order chi connectivity index (χ0) is 20.2. The summed E-state index contributed by atoms with van der Waals surface area (Å²) in [4.78, 5) is 37.2. The number of aromatic nitrogens is 3. The normalized spacial score (nSPS) is 22.8. The summed E-state index contributed by atoms with van der Waals surface area (Å²) in [6.07, 6.45) is 0. The van der Waals surface area contributed by atoms with Crippen LogP contribution in [-0.4, -0.2) is 53.1 Å². The fraction of sp³-hybridized carbons (Fsp3) is 0.412. The van der Waals surface area contributed by atoms with Gasteiger partial charge in [-0.3, -0.25) is 4.79 Å². The molecule has 1 amide bonds. The third kappa shape index (κ3) is 3.29. The lowest BCUT2D eigenvalue weighted by atomic mass is 10.3. The smallest absolute Gasteiger partial charge is 0.356 e. The van der Waals surface area contributed by atoms with Gasteiger partial charge in [-0.1, -0.05) is 23.2 Å². The lowest BCUT2D eigenvalue weighted by Crippen LogP contribution is -2.35. The highest BCUT2D eigenvalue weighted by Crippen LogP contribution is 2.47. The summed E-state index contributed by atoms with van der Waals surface area (Å²) in [5.41, 5.74) is 1.04. The fourth-order valence-electron chi connectivity index (χ4n) is 3.66. The molecule has 0 spiro atoms. The first-order valence-corrected chi connectivity index (χ1v) is 9.65. The second-order valence-corrected chi connectivity index (χ2v) is 7.95. The predicted molar refractivity (Wildman–Crippen MR) is 104 cm³/mol. The zero-order valence-corrected chi connectivity index (χ0v) is 17.2. The zero-order valence-electron chi connectivity index (χ0n) is 14.9. The number of nitrogens with one attached hydrogen (secondary N) is 2. The number of aryl methyl sites for hydroxylation is 1. The van der Waals surface area contributed by atoms with Crippen LogP contribution >= 0.6 is 34.8 Å². The topological polar surface area (TPSA) is 100 Å². The van der Waals surface area contributed by atoms with Gasteiger partial charge >= 0.3 is 5.97 Å². The van der Waals surface area contributed by atoms with Gasteiger partial charge in [0.25, 0.3) is 5.91 Å². The Kier molecular flexibility index (Phi) is 4.89. The van der Waals surface area contributed by atoms with Crippen LogP contribution in [0.1, 0.15) is 26.7 Å². The SMILES string of the molecule is COC(=O)c1cc(N2C[C@@H]3[C@H](C2)[C@H]3NC(=O)c2[nH]c(C)c(Cl)c2Cl)nc(Cl)n1. The number of fused-ring (bicyclic) bond motifs is 1. The summed E-state index contributed by atoms with van der Waals surface area (Å²) in [6, 6.07) is 1.61. The van der Waals surface area contributed by atoms with E-state index in [9.17, 15) is 9.59 Å². The Hall–Kier alpha value is -2.03. The van der Waals surface area contributed by atoms with Crippen molar-refractivity contribution >= 4 is 52.5 Å². The molecule has 1 saturated carbocycles. The van der Waals surface area contributed by atoms with Gasteiger partial charge in [-0.2, -0.15) is 0 Å². The Bertz CT molecular complexity index is 967. The van der Waals surface area contributed by atoms with E-state index >= 15 is 0 Å². The summed E-state index contributed by atoms with van der Waals surface area (Å²) in [7, 11) is 1.28. The molecule has 3 atom stereocenters. The van der Waals surface area contributed by atoms with Crippen molar-refractivity contribution in [3.63, 3.8) is 0 Å². The number of halogens is 3. The minimum Gasteiger partial charge on any atom is -0.464 e. The molecule has 2 fully saturated rings. The number of hydrogen-bond acceptors (Lipinski definition) is 6. The molecule has 148 valence electrons. The molecule has 0 unspecified atom stereocenters. The standard InChI is InChI=1S/C17H16Cl3N5O3/c1-6-11(18)12(19)14(21-6)15(26)24-13-7-4-25(5-8(7)13)10-3-9(16(27)28-2)22-17(20)23-10/h3,7-8,13,21H,4-5H2,1-2H3,(H,24,26)/t7-,8+,13+. The molecule has 2 aliphatic rings. The van der Waals surface area contributed by atoms with Crippen molar-refractivity contribution in [3.8, 4) is 0 Å². The first-order valence-electron chi connectivity index (χ1n) is 8.52. The van der Waals surface area contributed by atoms with Crippen LogP contribution in [0, 0.1) is 18.8 Å². The molecule has 2 aromatic heterocycles. The molecule has 2 aromatic rings. The summed E-state index contributed by atoms with van der Waals surface area (Å²) in [6.45, 7) is 3.12. The van der Waals surface area contributed by atoms with Crippen LogP contribution in [-0.2, 0) is 4.74 Å². The number of rotatable bonds is 4. The third-order valence-corrected chi connectivity index (χ3v) is 6.29. The number of esters is 1. The number of anilines is 1. The molecule has 3 heterocycles. The number of carbonyl (C=O) groups is 2. The number of aromatic amines is 1. The Morgan fingerprint density at radius 3 is 2.46 bits per heavy atom. The second-order valence-electron chi connectivity index (χ2n) is 6.86. The minimum atomic E-state index is -0.572. The maximum atomic E-state index is 12.5. The van der Waals surface area contributed by atoms with Gasteiger partial charge in [0.2, 0.25) is 5.28 Å². The van der Waals surface area contributed by atoms with Gasteiger partial charge in [0.15, 0.2) is 5.69 Å². The van der Waals surface area contributed by atoms with Gasteiger partial charge in [-0.05, 0) is 18.5 Å². The number of amides is 1. The first-order chi connectivity index (χ1) is 13.3. The second kappa shape index (κ2) is 7.09. The van der Waals surface area contributed by atoms with E-state index < -0.39 is 5.97 Å². The van der Waals surface area contributed by atoms with E-state index in [1.54, 1.807) is 13.0 Å². The maximum absolute atomic E-state index is 12.5. The molecule has 1 saturated heterocycles. The highest BCUT2D eigenvalue weighted by atomic mass is 35.5. The van der Waals surface area contributed by atoms with Crippen LogP contribution in [0.15, 0.2) is 6.07 Å². The van der Waals surface area contributed by atoms with Crippen LogP contribution in [0.4, 0.5) is 5.82 Å². The third-order valence-electron chi connectivity index (χ3n) is 5.18. The summed E-state index contributed by atoms with van der Waals surface area (Å²) >= 11 is 18.1. The molecule has 8 nitrogen and oxygen atoms in total. The lowest BCUT2D eigenvalue weighted by molar-refractivity contribution is 0.0593. The highest BCUT2D eigenvalue weighted by Gasteiger charge is 2.57. The minimum absolute atomic E-state index is 0.0167. The summed E-state index contributed by atoms with van der Waals surface area (Å²) < 4.78 is 4.68. The summed E-state index contributed by atoms with van der Waals surface area (Å²) in [5.74, 6) is 0.280. The molecule has 28 heavy (non-hydrogen) atoms. The molecular formula is C17H16Cl3N5O3.